The highest BCUT2D eigenvalue weighted by atomic mass is 35.5. The Hall–Kier alpha value is -1.06. The molecule has 1 aromatic rings. The van der Waals surface area contributed by atoms with Crippen molar-refractivity contribution < 1.29 is 9.53 Å². The van der Waals surface area contributed by atoms with E-state index in [1.807, 2.05) is 18.2 Å². The predicted molar refractivity (Wildman–Crippen MR) is 69.2 cm³/mol. The van der Waals surface area contributed by atoms with Crippen LogP contribution in [0.3, 0.4) is 0 Å². The van der Waals surface area contributed by atoms with E-state index in [0.29, 0.717) is 19.0 Å². The van der Waals surface area contributed by atoms with Gasteiger partial charge in [0.05, 0.1) is 0 Å². The normalized spacial score (nSPS) is 12.1. The van der Waals surface area contributed by atoms with Crippen molar-refractivity contribution in [1.82, 2.24) is 5.32 Å². The number of carbonyl (C=O) groups excluding carboxylic acids is 1. The third kappa shape index (κ3) is 5.71. The lowest BCUT2D eigenvalue weighted by Crippen LogP contribution is -2.26. The Morgan fingerprint density at radius 2 is 2.12 bits per heavy atom. The highest BCUT2D eigenvalue weighted by Gasteiger charge is 2.09. The van der Waals surface area contributed by atoms with E-state index < -0.39 is 0 Å². The zero-order valence-corrected chi connectivity index (χ0v) is 10.7. The first kappa shape index (κ1) is 14.0. The average molecular weight is 256 g/mol. The minimum absolute atomic E-state index is 0.212. The number of hydrogen-bond acceptors (Lipinski definition) is 3. The van der Waals surface area contributed by atoms with Crippen molar-refractivity contribution in [2.75, 3.05) is 19.0 Å². The Kier molecular flexibility index (Phi) is 6.67. The number of hydrogen-bond donors (Lipinski definition) is 1. The molecule has 0 fully saturated rings. The van der Waals surface area contributed by atoms with Gasteiger partial charge in [-0.1, -0.05) is 30.3 Å². The maximum atomic E-state index is 10.6. The van der Waals surface area contributed by atoms with Crippen molar-refractivity contribution in [1.29, 1.82) is 0 Å². The number of esters is 1. The molecule has 0 saturated carbocycles. The molecule has 1 rings (SSSR count). The fourth-order valence-corrected chi connectivity index (χ4v) is 1.83. The summed E-state index contributed by atoms with van der Waals surface area (Å²) in [5, 5.41) is 3.33. The molecule has 0 spiro atoms. The summed E-state index contributed by atoms with van der Waals surface area (Å²) >= 11 is 5.78. The van der Waals surface area contributed by atoms with E-state index in [0.717, 1.165) is 6.42 Å². The number of rotatable bonds is 7. The number of nitrogens with one attached hydrogen (secondary N) is 1. The van der Waals surface area contributed by atoms with Gasteiger partial charge in [0.1, 0.15) is 6.61 Å². The molecular formula is C13H18ClNO2. The molecule has 0 bridgehead atoms. The number of halogens is 1. The van der Waals surface area contributed by atoms with Crippen LogP contribution in [0.5, 0.6) is 0 Å². The minimum Gasteiger partial charge on any atom is -0.465 e. The highest BCUT2D eigenvalue weighted by molar-refractivity contribution is 6.17. The minimum atomic E-state index is -0.250. The van der Waals surface area contributed by atoms with Gasteiger partial charge in [-0.15, -0.1) is 11.6 Å². The van der Waals surface area contributed by atoms with Gasteiger partial charge in [-0.2, -0.15) is 0 Å². The van der Waals surface area contributed by atoms with Gasteiger partial charge in [-0.3, -0.25) is 4.79 Å². The largest absolute Gasteiger partial charge is 0.465 e. The Bertz CT molecular complexity index is 329. The Morgan fingerprint density at radius 1 is 1.41 bits per heavy atom. The summed E-state index contributed by atoms with van der Waals surface area (Å²) in [5.74, 6) is 0.348. The van der Waals surface area contributed by atoms with Crippen molar-refractivity contribution in [2.45, 2.75) is 19.4 Å². The van der Waals surface area contributed by atoms with Crippen LogP contribution in [-0.2, 0) is 9.53 Å². The Morgan fingerprint density at radius 3 is 2.71 bits per heavy atom. The second kappa shape index (κ2) is 8.09. The molecule has 17 heavy (non-hydrogen) atoms. The van der Waals surface area contributed by atoms with Gasteiger partial charge in [-0.05, 0) is 12.0 Å². The smallest absolute Gasteiger partial charge is 0.302 e. The zero-order valence-electron chi connectivity index (χ0n) is 9.99. The first-order valence-electron chi connectivity index (χ1n) is 5.71. The van der Waals surface area contributed by atoms with Crippen LogP contribution in [-0.4, -0.2) is 25.0 Å². The Labute approximate surface area is 107 Å². The lowest BCUT2D eigenvalue weighted by molar-refractivity contribution is -0.140. The molecule has 3 nitrogen and oxygen atoms in total. The van der Waals surface area contributed by atoms with Gasteiger partial charge >= 0.3 is 5.97 Å². The van der Waals surface area contributed by atoms with Crippen LogP contribution in [0, 0.1) is 0 Å². The predicted octanol–water partition coefficient (Wildman–Crippen LogP) is 2.51. The molecule has 1 unspecified atom stereocenters. The van der Waals surface area contributed by atoms with Gasteiger partial charge < -0.3 is 10.1 Å². The molecule has 0 aliphatic heterocycles. The molecule has 1 aromatic carbocycles. The van der Waals surface area contributed by atoms with Crippen molar-refractivity contribution in [2.24, 2.45) is 0 Å². The molecule has 1 N–H and O–H groups in total. The molecule has 4 heteroatoms. The summed E-state index contributed by atoms with van der Waals surface area (Å²) in [6.07, 6.45) is 0.853. The quantitative estimate of drug-likeness (QED) is 0.462. The third-order valence-electron chi connectivity index (χ3n) is 2.40. The number of ether oxygens (including phenoxy) is 1. The molecule has 0 saturated heterocycles. The van der Waals surface area contributed by atoms with E-state index in [4.69, 9.17) is 16.3 Å². The summed E-state index contributed by atoms with van der Waals surface area (Å²) in [6, 6.07) is 10.3. The maximum Gasteiger partial charge on any atom is 0.302 e. The topological polar surface area (TPSA) is 38.3 Å². The third-order valence-corrected chi connectivity index (χ3v) is 2.62. The summed E-state index contributed by atoms with van der Waals surface area (Å²) in [5.41, 5.74) is 1.20. The summed E-state index contributed by atoms with van der Waals surface area (Å²) in [7, 11) is 0. The second-order valence-electron chi connectivity index (χ2n) is 3.74. The summed E-state index contributed by atoms with van der Waals surface area (Å²) in [6.45, 7) is 2.43. The first-order chi connectivity index (χ1) is 8.24. The molecule has 0 heterocycles. The van der Waals surface area contributed by atoms with E-state index >= 15 is 0 Å². The average Bonchev–Trinajstić information content (AvgIpc) is 2.34. The summed E-state index contributed by atoms with van der Waals surface area (Å²) in [4.78, 5) is 10.6. The van der Waals surface area contributed by atoms with Crippen LogP contribution in [0.4, 0.5) is 0 Å². The fourth-order valence-electron chi connectivity index (χ4n) is 1.61. The molecule has 0 aliphatic rings. The lowest BCUT2D eigenvalue weighted by Gasteiger charge is -2.18. The van der Waals surface area contributed by atoms with Gasteiger partial charge in [0, 0.05) is 25.4 Å². The molecule has 0 radical (unpaired) electrons. The number of carbonyl (C=O) groups is 1. The standard InChI is InChI=1S/C13H18ClNO2/c1-11(16)17-10-9-15-13(7-8-14)12-5-3-2-4-6-12/h2-6,13,15H,7-10H2,1H3. The summed E-state index contributed by atoms with van der Waals surface area (Å²) < 4.78 is 4.87. The van der Waals surface area contributed by atoms with Crippen molar-refractivity contribution >= 4 is 17.6 Å². The van der Waals surface area contributed by atoms with Gasteiger partial charge in [0.25, 0.3) is 0 Å². The van der Waals surface area contributed by atoms with Crippen LogP contribution >= 0.6 is 11.6 Å². The Balaban J connectivity index is 2.41. The SMILES string of the molecule is CC(=O)OCCNC(CCCl)c1ccccc1. The van der Waals surface area contributed by atoms with Crippen LogP contribution < -0.4 is 5.32 Å². The second-order valence-corrected chi connectivity index (χ2v) is 4.11. The van der Waals surface area contributed by atoms with Crippen LogP contribution in [0.25, 0.3) is 0 Å². The van der Waals surface area contributed by atoms with Crippen molar-refractivity contribution in [3.8, 4) is 0 Å². The van der Waals surface area contributed by atoms with Crippen LogP contribution in [0.1, 0.15) is 24.9 Å². The molecule has 0 aliphatic carbocycles. The van der Waals surface area contributed by atoms with Crippen LogP contribution in [0.15, 0.2) is 30.3 Å². The fraction of sp³-hybridized carbons (Fsp3) is 0.462. The highest BCUT2D eigenvalue weighted by Crippen LogP contribution is 2.16. The molecule has 94 valence electrons. The number of benzene rings is 1. The molecular weight excluding hydrogens is 238 g/mol. The zero-order chi connectivity index (χ0) is 12.5. The molecule has 0 amide bonds. The van der Waals surface area contributed by atoms with E-state index in [-0.39, 0.29) is 12.0 Å². The molecule has 1 atom stereocenters. The van der Waals surface area contributed by atoms with Crippen LogP contribution in [0.2, 0.25) is 0 Å². The van der Waals surface area contributed by atoms with Crippen molar-refractivity contribution in [3.05, 3.63) is 35.9 Å². The van der Waals surface area contributed by atoms with Gasteiger partial charge in [0.2, 0.25) is 0 Å². The van der Waals surface area contributed by atoms with E-state index in [1.54, 1.807) is 0 Å². The lowest BCUT2D eigenvalue weighted by atomic mass is 10.0. The number of alkyl halides is 1. The van der Waals surface area contributed by atoms with E-state index in [9.17, 15) is 4.79 Å². The van der Waals surface area contributed by atoms with Gasteiger partial charge in [0.15, 0.2) is 0 Å². The van der Waals surface area contributed by atoms with Crippen molar-refractivity contribution in [3.63, 3.8) is 0 Å². The van der Waals surface area contributed by atoms with E-state index in [1.165, 1.54) is 12.5 Å². The monoisotopic (exact) mass is 255 g/mol. The van der Waals surface area contributed by atoms with Gasteiger partial charge in [-0.25, -0.2) is 0 Å². The first-order valence-corrected chi connectivity index (χ1v) is 6.25. The van der Waals surface area contributed by atoms with E-state index in [2.05, 4.69) is 17.4 Å². The maximum absolute atomic E-state index is 10.6. The molecule has 0 aromatic heterocycles.